The molecule has 0 spiro atoms. The van der Waals surface area contributed by atoms with Gasteiger partial charge in [0.25, 0.3) is 0 Å². The highest BCUT2D eigenvalue weighted by Gasteiger charge is 2.20. The number of benzene rings is 1. The van der Waals surface area contributed by atoms with Crippen LogP contribution in [0.3, 0.4) is 0 Å². The van der Waals surface area contributed by atoms with Crippen LogP contribution in [0.1, 0.15) is 38.3 Å². The van der Waals surface area contributed by atoms with Crippen LogP contribution in [0.25, 0.3) is 10.9 Å². The third-order valence-corrected chi connectivity index (χ3v) is 5.90. The molecule has 2 aromatic rings. The summed E-state index contributed by atoms with van der Waals surface area (Å²) in [7, 11) is 0. The van der Waals surface area contributed by atoms with Crippen molar-refractivity contribution >= 4 is 45.0 Å². The van der Waals surface area contributed by atoms with Crippen LogP contribution in [0.15, 0.2) is 23.2 Å². The molecule has 0 bridgehead atoms. The Bertz CT molecular complexity index is 731. The molecular weight excluding hydrogens is 314 g/mol. The number of aromatic amines is 1. The van der Waals surface area contributed by atoms with Crippen molar-refractivity contribution in [3.63, 3.8) is 0 Å². The maximum atomic E-state index is 6.31. The Morgan fingerprint density at radius 2 is 2.09 bits per heavy atom. The highest BCUT2D eigenvalue weighted by molar-refractivity contribution is 8.14. The fourth-order valence-electron chi connectivity index (χ4n) is 3.35. The Labute approximate surface area is 139 Å². The smallest absolute Gasteiger partial charge is 0.114 e. The first kappa shape index (κ1) is 14.5. The van der Waals surface area contributed by atoms with Crippen molar-refractivity contribution < 1.29 is 0 Å². The van der Waals surface area contributed by atoms with Crippen molar-refractivity contribution in [3.05, 3.63) is 28.9 Å². The number of rotatable bonds is 3. The second kappa shape index (κ2) is 5.82. The Balaban J connectivity index is 1.72. The number of anilines is 1. The van der Waals surface area contributed by atoms with Gasteiger partial charge in [-0.1, -0.05) is 24.4 Å². The summed E-state index contributed by atoms with van der Waals surface area (Å²) in [6, 6.07) is 7.22. The van der Waals surface area contributed by atoms with Crippen LogP contribution >= 0.6 is 23.4 Å². The fourth-order valence-corrected chi connectivity index (χ4v) is 4.57. The van der Waals surface area contributed by atoms with Crippen LogP contribution in [0.2, 0.25) is 5.02 Å². The average molecular weight is 334 g/mol. The minimum absolute atomic E-state index is 0.408. The Morgan fingerprint density at radius 3 is 2.82 bits per heavy atom. The molecule has 116 valence electrons. The van der Waals surface area contributed by atoms with Crippen molar-refractivity contribution in [2.45, 2.75) is 44.7 Å². The minimum Gasteiger partial charge on any atom is -0.381 e. The summed E-state index contributed by atoms with van der Waals surface area (Å²) in [6.07, 6.45) is 5.15. The van der Waals surface area contributed by atoms with Crippen molar-refractivity contribution in [2.24, 2.45) is 4.99 Å². The molecule has 0 radical (unpaired) electrons. The van der Waals surface area contributed by atoms with E-state index in [-0.39, 0.29) is 0 Å². The molecule has 1 unspecified atom stereocenters. The molecule has 4 rings (SSSR count). The lowest BCUT2D eigenvalue weighted by atomic mass is 10.2. The Morgan fingerprint density at radius 1 is 1.27 bits per heavy atom. The van der Waals surface area contributed by atoms with Gasteiger partial charge in [0.15, 0.2) is 0 Å². The monoisotopic (exact) mass is 333 g/mol. The third kappa shape index (κ3) is 2.74. The average Bonchev–Trinajstić information content (AvgIpc) is 3.18. The summed E-state index contributed by atoms with van der Waals surface area (Å²) in [6.45, 7) is 2.16. The maximum Gasteiger partial charge on any atom is 0.114 e. The summed E-state index contributed by atoms with van der Waals surface area (Å²) >= 11 is 8.14. The largest absolute Gasteiger partial charge is 0.381 e. The van der Waals surface area contributed by atoms with E-state index in [1.54, 1.807) is 0 Å². The van der Waals surface area contributed by atoms with Gasteiger partial charge in [0.05, 0.1) is 22.9 Å². The highest BCUT2D eigenvalue weighted by atomic mass is 35.5. The number of fused-ring (bicyclic) bond motifs is 1. The van der Waals surface area contributed by atoms with Gasteiger partial charge in [-0.2, -0.15) is 0 Å². The Kier molecular flexibility index (Phi) is 3.82. The molecule has 1 aliphatic heterocycles. The topological polar surface area (TPSA) is 40.2 Å². The first-order valence-corrected chi connectivity index (χ1v) is 9.35. The molecule has 1 aromatic carbocycles. The van der Waals surface area contributed by atoms with Crippen molar-refractivity contribution in [1.29, 1.82) is 0 Å². The van der Waals surface area contributed by atoms with Crippen LogP contribution in [-0.2, 0) is 0 Å². The van der Waals surface area contributed by atoms with Crippen LogP contribution in [0, 0.1) is 0 Å². The van der Waals surface area contributed by atoms with Gasteiger partial charge in [-0.25, -0.2) is 0 Å². The molecule has 22 heavy (non-hydrogen) atoms. The zero-order valence-corrected chi connectivity index (χ0v) is 14.2. The Hall–Kier alpha value is -1.13. The second-order valence-corrected chi connectivity index (χ2v) is 7.77. The zero-order valence-electron chi connectivity index (χ0n) is 12.7. The van der Waals surface area contributed by atoms with Gasteiger partial charge >= 0.3 is 0 Å². The number of aliphatic imine (C=N–C) groups is 1. The highest BCUT2D eigenvalue weighted by Crippen LogP contribution is 2.33. The van der Waals surface area contributed by atoms with Crippen molar-refractivity contribution in [1.82, 2.24) is 4.98 Å². The second-order valence-electron chi connectivity index (χ2n) is 6.32. The number of H-pyrrole nitrogens is 1. The number of nitrogens with zero attached hydrogens (tertiary/aromatic N) is 1. The number of thioether (sulfide) groups is 1. The van der Waals surface area contributed by atoms with Crippen LogP contribution in [0.4, 0.5) is 5.69 Å². The predicted molar refractivity (Wildman–Crippen MR) is 97.6 cm³/mol. The summed E-state index contributed by atoms with van der Waals surface area (Å²) in [5.41, 5.74) is 3.38. The summed E-state index contributed by atoms with van der Waals surface area (Å²) < 4.78 is 0. The van der Waals surface area contributed by atoms with Gasteiger partial charge in [-0.15, -0.1) is 11.8 Å². The molecule has 1 saturated carbocycles. The van der Waals surface area contributed by atoms with E-state index < -0.39 is 0 Å². The lowest BCUT2D eigenvalue weighted by Gasteiger charge is -2.14. The molecule has 1 aromatic heterocycles. The first-order valence-electron chi connectivity index (χ1n) is 7.99. The molecule has 5 heteroatoms. The molecule has 1 fully saturated rings. The molecule has 0 saturated heterocycles. The summed E-state index contributed by atoms with van der Waals surface area (Å²) in [5, 5.41) is 6.74. The van der Waals surface area contributed by atoms with E-state index in [1.807, 2.05) is 23.9 Å². The SMILES string of the molecule is CC1CSC(c2cc3cc(Cl)cc(NC4CCCC4)c3[nH]2)=N1. The fraction of sp³-hybridized carbons (Fsp3) is 0.471. The quantitative estimate of drug-likeness (QED) is 0.824. The van der Waals surface area contributed by atoms with Crippen molar-refractivity contribution in [3.8, 4) is 0 Å². The van der Waals surface area contributed by atoms with E-state index in [0.29, 0.717) is 12.1 Å². The zero-order chi connectivity index (χ0) is 15.1. The molecule has 2 N–H and O–H groups in total. The lowest BCUT2D eigenvalue weighted by molar-refractivity contribution is 0.756. The molecule has 2 heterocycles. The number of aromatic nitrogens is 1. The molecule has 1 atom stereocenters. The molecule has 3 nitrogen and oxygen atoms in total. The standard InChI is InChI=1S/C17H20ClN3S/c1-10-9-22-17(19-10)15-7-11-6-12(18)8-14(16(11)21-15)20-13-4-2-3-5-13/h6-8,10,13,20-21H,2-5,9H2,1H3. The van der Waals surface area contributed by atoms with Crippen molar-refractivity contribution in [2.75, 3.05) is 11.1 Å². The minimum atomic E-state index is 0.408. The number of hydrogen-bond acceptors (Lipinski definition) is 3. The predicted octanol–water partition coefficient (Wildman–Crippen LogP) is 5.06. The van der Waals surface area contributed by atoms with Gasteiger partial charge in [0.1, 0.15) is 5.04 Å². The van der Waals surface area contributed by atoms with Gasteiger partial charge in [-0.05, 0) is 38.0 Å². The van der Waals surface area contributed by atoms with E-state index in [4.69, 9.17) is 16.6 Å². The molecule has 1 aliphatic carbocycles. The van der Waals surface area contributed by atoms with Gasteiger partial charge in [0, 0.05) is 22.2 Å². The van der Waals surface area contributed by atoms with E-state index in [0.717, 1.165) is 38.1 Å². The maximum absolute atomic E-state index is 6.31. The number of nitrogens with one attached hydrogen (secondary N) is 2. The van der Waals surface area contributed by atoms with E-state index in [1.165, 1.54) is 25.7 Å². The molecule has 0 amide bonds. The van der Waals surface area contributed by atoms with E-state index >= 15 is 0 Å². The van der Waals surface area contributed by atoms with Crippen LogP contribution in [0.5, 0.6) is 0 Å². The van der Waals surface area contributed by atoms with Gasteiger partial charge in [-0.3, -0.25) is 4.99 Å². The van der Waals surface area contributed by atoms with Gasteiger partial charge in [0.2, 0.25) is 0 Å². The molecular formula is C17H20ClN3S. The van der Waals surface area contributed by atoms with E-state index in [9.17, 15) is 0 Å². The van der Waals surface area contributed by atoms with Gasteiger partial charge < -0.3 is 10.3 Å². The van der Waals surface area contributed by atoms with E-state index in [2.05, 4.69) is 23.3 Å². The normalized spacial score (nSPS) is 22.5. The number of halogens is 1. The summed E-state index contributed by atoms with van der Waals surface area (Å²) in [5.74, 6) is 1.07. The van der Waals surface area contributed by atoms with Crippen LogP contribution in [-0.4, -0.2) is 27.9 Å². The third-order valence-electron chi connectivity index (χ3n) is 4.44. The first-order chi connectivity index (χ1) is 10.7. The summed E-state index contributed by atoms with van der Waals surface area (Å²) in [4.78, 5) is 8.26. The van der Waals surface area contributed by atoms with Crippen LogP contribution < -0.4 is 5.32 Å². The molecule has 2 aliphatic rings. The lowest BCUT2D eigenvalue weighted by Crippen LogP contribution is -2.14. The number of hydrogen-bond donors (Lipinski definition) is 2.